The Balaban J connectivity index is 2.17. The number of nitrogens with two attached hydrogens (primary N) is 1. The number of thioether (sulfide) groups is 1. The number of benzene rings is 1. The van der Waals surface area contributed by atoms with Gasteiger partial charge in [0.15, 0.2) is 0 Å². The lowest BCUT2D eigenvalue weighted by Gasteiger charge is -2.34. The lowest BCUT2D eigenvalue weighted by molar-refractivity contribution is 0.373. The summed E-state index contributed by atoms with van der Waals surface area (Å²) in [7, 11) is 0. The van der Waals surface area contributed by atoms with Crippen molar-refractivity contribution in [2.24, 2.45) is 5.73 Å². The minimum absolute atomic E-state index is 0.326. The molecule has 0 spiro atoms. The quantitative estimate of drug-likeness (QED) is 0.786. The molecule has 0 radical (unpaired) electrons. The van der Waals surface area contributed by atoms with Crippen LogP contribution in [0, 0.1) is 11.3 Å². The molecule has 0 aromatic heterocycles. The van der Waals surface area contributed by atoms with Crippen molar-refractivity contribution in [1.82, 2.24) is 0 Å². The summed E-state index contributed by atoms with van der Waals surface area (Å²) in [6.07, 6.45) is 3.97. The smallest absolute Gasteiger partial charge is 0.102 e. The molecule has 84 valence electrons. The summed E-state index contributed by atoms with van der Waals surface area (Å²) >= 11 is 1.60. The molecule has 1 aromatic carbocycles. The third-order valence-electron chi connectivity index (χ3n) is 2.89. The maximum absolute atomic E-state index is 9.16. The lowest BCUT2D eigenvalue weighted by Crippen LogP contribution is -2.44. The number of hydrogen-bond donors (Lipinski definition) is 2. The summed E-state index contributed by atoms with van der Waals surface area (Å²) in [5.74, 6) is 0. The average Bonchev–Trinajstić information content (AvgIpc) is 2.26. The van der Waals surface area contributed by atoms with E-state index in [4.69, 9.17) is 11.0 Å². The zero-order chi connectivity index (χ0) is 11.5. The first-order chi connectivity index (χ1) is 7.74. The van der Waals surface area contributed by atoms with Crippen molar-refractivity contribution in [2.75, 3.05) is 11.6 Å². The minimum Gasteiger partial charge on any atom is -0.381 e. The molecule has 4 heteroatoms. The van der Waals surface area contributed by atoms with E-state index in [0.717, 1.165) is 29.0 Å². The van der Waals surface area contributed by atoms with Gasteiger partial charge in [-0.15, -0.1) is 11.8 Å². The number of hydrogen-bond acceptors (Lipinski definition) is 4. The molecule has 16 heavy (non-hydrogen) atoms. The first-order valence-corrected chi connectivity index (χ1v) is 6.56. The highest BCUT2D eigenvalue weighted by molar-refractivity contribution is 7.98. The fourth-order valence-electron chi connectivity index (χ4n) is 1.94. The zero-order valence-corrected chi connectivity index (χ0v) is 10.1. The summed E-state index contributed by atoms with van der Waals surface area (Å²) < 4.78 is 0. The second-order valence-electron chi connectivity index (χ2n) is 4.07. The van der Waals surface area contributed by atoms with E-state index in [9.17, 15) is 0 Å². The molecular formula is C12H15N3S. The molecule has 2 rings (SSSR count). The average molecular weight is 233 g/mol. The minimum atomic E-state index is 0.326. The molecule has 0 bridgehead atoms. The predicted molar refractivity (Wildman–Crippen MR) is 67.6 cm³/mol. The predicted octanol–water partition coefficient (Wildman–Crippen LogP) is 2.18. The number of anilines is 1. The van der Waals surface area contributed by atoms with Crippen LogP contribution in [0.25, 0.3) is 0 Å². The van der Waals surface area contributed by atoms with E-state index in [-0.39, 0.29) is 0 Å². The van der Waals surface area contributed by atoms with Crippen molar-refractivity contribution in [3.05, 3.63) is 23.8 Å². The van der Waals surface area contributed by atoms with Crippen LogP contribution in [0.4, 0.5) is 5.69 Å². The van der Waals surface area contributed by atoms with Crippen LogP contribution in [0.1, 0.15) is 18.4 Å². The van der Waals surface area contributed by atoms with Crippen LogP contribution < -0.4 is 11.1 Å². The van der Waals surface area contributed by atoms with Crippen molar-refractivity contribution < 1.29 is 0 Å². The Morgan fingerprint density at radius 3 is 2.81 bits per heavy atom. The van der Waals surface area contributed by atoms with Crippen LogP contribution in [0.2, 0.25) is 0 Å². The molecule has 0 aliphatic heterocycles. The molecule has 0 saturated heterocycles. The number of nitriles is 1. The highest BCUT2D eigenvalue weighted by Gasteiger charge is 2.26. The lowest BCUT2D eigenvalue weighted by atomic mass is 9.87. The van der Waals surface area contributed by atoms with Gasteiger partial charge in [-0.2, -0.15) is 5.26 Å². The standard InChI is InChI=1S/C12H15N3S/c1-16-12-4-2-3-11(10(12)7-13)15-9-5-8(14)6-9/h2-4,8-9,15H,5-6,14H2,1H3. The monoisotopic (exact) mass is 233 g/mol. The van der Waals surface area contributed by atoms with Crippen LogP contribution in [0.3, 0.4) is 0 Å². The van der Waals surface area contributed by atoms with Gasteiger partial charge in [-0.3, -0.25) is 0 Å². The van der Waals surface area contributed by atoms with Gasteiger partial charge in [-0.1, -0.05) is 6.07 Å². The largest absolute Gasteiger partial charge is 0.381 e. The van der Waals surface area contributed by atoms with E-state index in [1.165, 1.54) is 0 Å². The molecule has 1 saturated carbocycles. The molecule has 0 unspecified atom stereocenters. The summed E-state index contributed by atoms with van der Waals surface area (Å²) in [5.41, 5.74) is 7.42. The first-order valence-electron chi connectivity index (χ1n) is 5.33. The Kier molecular flexibility index (Phi) is 3.37. The van der Waals surface area contributed by atoms with Gasteiger partial charge in [0.2, 0.25) is 0 Å². The molecule has 3 N–H and O–H groups in total. The summed E-state index contributed by atoms with van der Waals surface area (Å²) in [6, 6.07) is 8.93. The van der Waals surface area contributed by atoms with E-state index < -0.39 is 0 Å². The maximum atomic E-state index is 9.16. The van der Waals surface area contributed by atoms with E-state index in [0.29, 0.717) is 12.1 Å². The van der Waals surface area contributed by atoms with Crippen molar-refractivity contribution >= 4 is 17.4 Å². The topological polar surface area (TPSA) is 61.8 Å². The van der Waals surface area contributed by atoms with Crippen molar-refractivity contribution in [2.45, 2.75) is 29.8 Å². The first kappa shape index (κ1) is 11.3. The Morgan fingerprint density at radius 1 is 1.50 bits per heavy atom. The Bertz CT molecular complexity index is 419. The highest BCUT2D eigenvalue weighted by atomic mass is 32.2. The molecule has 1 aliphatic carbocycles. The molecule has 0 atom stereocenters. The number of rotatable bonds is 3. The summed E-state index contributed by atoms with van der Waals surface area (Å²) in [4.78, 5) is 1.02. The van der Waals surface area contributed by atoms with Gasteiger partial charge in [0.25, 0.3) is 0 Å². The molecule has 0 heterocycles. The van der Waals surface area contributed by atoms with Gasteiger partial charge in [0, 0.05) is 17.0 Å². The van der Waals surface area contributed by atoms with Crippen LogP contribution >= 0.6 is 11.8 Å². The fraction of sp³-hybridized carbons (Fsp3) is 0.417. The second kappa shape index (κ2) is 4.77. The normalized spacial score (nSPS) is 23.3. The van der Waals surface area contributed by atoms with Gasteiger partial charge in [0.1, 0.15) is 6.07 Å². The molecule has 3 nitrogen and oxygen atoms in total. The van der Waals surface area contributed by atoms with Crippen LogP contribution in [-0.4, -0.2) is 18.3 Å². The SMILES string of the molecule is CSc1cccc(NC2CC(N)C2)c1C#N. The van der Waals surface area contributed by atoms with Gasteiger partial charge in [0.05, 0.1) is 11.3 Å². The van der Waals surface area contributed by atoms with Gasteiger partial charge >= 0.3 is 0 Å². The number of nitrogens with zero attached hydrogens (tertiary/aromatic N) is 1. The van der Waals surface area contributed by atoms with E-state index in [1.807, 2.05) is 24.5 Å². The van der Waals surface area contributed by atoms with E-state index in [2.05, 4.69) is 11.4 Å². The zero-order valence-electron chi connectivity index (χ0n) is 9.23. The fourth-order valence-corrected chi connectivity index (χ4v) is 2.51. The third-order valence-corrected chi connectivity index (χ3v) is 3.67. The van der Waals surface area contributed by atoms with Gasteiger partial charge < -0.3 is 11.1 Å². The van der Waals surface area contributed by atoms with Crippen LogP contribution in [-0.2, 0) is 0 Å². The third kappa shape index (κ3) is 2.16. The van der Waals surface area contributed by atoms with Crippen molar-refractivity contribution in [3.8, 4) is 6.07 Å². The molecule has 0 amide bonds. The van der Waals surface area contributed by atoms with Crippen LogP contribution in [0.5, 0.6) is 0 Å². The Morgan fingerprint density at radius 2 is 2.25 bits per heavy atom. The summed E-state index contributed by atoms with van der Waals surface area (Å²) in [6.45, 7) is 0. The molecule has 1 fully saturated rings. The van der Waals surface area contributed by atoms with Crippen molar-refractivity contribution in [3.63, 3.8) is 0 Å². The van der Waals surface area contributed by atoms with E-state index in [1.54, 1.807) is 11.8 Å². The van der Waals surface area contributed by atoms with Crippen LogP contribution in [0.15, 0.2) is 23.1 Å². The Labute approximate surface area is 100 Å². The molecular weight excluding hydrogens is 218 g/mol. The Hall–Kier alpha value is -1.18. The summed E-state index contributed by atoms with van der Waals surface area (Å²) in [5, 5.41) is 12.5. The van der Waals surface area contributed by atoms with Crippen molar-refractivity contribution in [1.29, 1.82) is 5.26 Å². The molecule has 1 aliphatic rings. The maximum Gasteiger partial charge on any atom is 0.102 e. The van der Waals surface area contributed by atoms with E-state index >= 15 is 0 Å². The molecule has 1 aromatic rings. The second-order valence-corrected chi connectivity index (χ2v) is 4.92. The highest BCUT2D eigenvalue weighted by Crippen LogP contribution is 2.29. The number of nitrogens with one attached hydrogen (secondary N) is 1. The van der Waals surface area contributed by atoms with Gasteiger partial charge in [-0.05, 0) is 31.2 Å². The van der Waals surface area contributed by atoms with Gasteiger partial charge in [-0.25, -0.2) is 0 Å².